The third-order valence-corrected chi connectivity index (χ3v) is 3.83. The molecule has 19 heavy (non-hydrogen) atoms. The molecule has 2 rings (SSSR count). The standard InChI is InChI=1S/C12H12FN3O2S/c13-11-4-3-9(7-14)6-12(11)19(17,18)16-10-2-1-5-15-8-10/h1-6,8,16H,7,14H2. The Kier molecular flexibility index (Phi) is 3.77. The number of rotatable bonds is 4. The summed E-state index contributed by atoms with van der Waals surface area (Å²) in [6, 6.07) is 6.84. The zero-order valence-electron chi connectivity index (χ0n) is 9.88. The molecule has 0 aliphatic carbocycles. The highest BCUT2D eigenvalue weighted by atomic mass is 32.2. The molecule has 0 unspecified atom stereocenters. The molecule has 0 atom stereocenters. The van der Waals surface area contributed by atoms with Crippen LogP contribution < -0.4 is 10.5 Å². The average molecular weight is 281 g/mol. The van der Waals surface area contributed by atoms with Crippen LogP contribution in [0.5, 0.6) is 0 Å². The summed E-state index contributed by atoms with van der Waals surface area (Å²) >= 11 is 0. The van der Waals surface area contributed by atoms with E-state index < -0.39 is 20.7 Å². The van der Waals surface area contributed by atoms with Gasteiger partial charge < -0.3 is 5.73 Å². The second kappa shape index (κ2) is 5.33. The van der Waals surface area contributed by atoms with Crippen molar-refractivity contribution in [1.29, 1.82) is 0 Å². The van der Waals surface area contributed by atoms with Crippen LogP contribution in [0.4, 0.5) is 10.1 Å². The zero-order chi connectivity index (χ0) is 13.9. The lowest BCUT2D eigenvalue weighted by Gasteiger charge is -2.09. The van der Waals surface area contributed by atoms with Crippen molar-refractivity contribution in [3.8, 4) is 0 Å². The van der Waals surface area contributed by atoms with Crippen LogP contribution in [0.1, 0.15) is 5.56 Å². The van der Waals surface area contributed by atoms with E-state index in [9.17, 15) is 12.8 Å². The van der Waals surface area contributed by atoms with Crippen LogP contribution in [-0.2, 0) is 16.6 Å². The zero-order valence-corrected chi connectivity index (χ0v) is 10.7. The van der Waals surface area contributed by atoms with Gasteiger partial charge in [0.15, 0.2) is 0 Å². The van der Waals surface area contributed by atoms with Crippen molar-refractivity contribution in [3.05, 3.63) is 54.1 Å². The highest BCUT2D eigenvalue weighted by molar-refractivity contribution is 7.92. The Morgan fingerprint density at radius 2 is 2.11 bits per heavy atom. The Balaban J connectivity index is 2.39. The molecule has 0 aliphatic rings. The summed E-state index contributed by atoms with van der Waals surface area (Å²) in [7, 11) is -4.00. The largest absolute Gasteiger partial charge is 0.326 e. The molecular weight excluding hydrogens is 269 g/mol. The van der Waals surface area contributed by atoms with Gasteiger partial charge in [-0.25, -0.2) is 12.8 Å². The lowest BCUT2D eigenvalue weighted by Crippen LogP contribution is -2.15. The molecule has 7 heteroatoms. The van der Waals surface area contributed by atoms with Crippen LogP contribution in [-0.4, -0.2) is 13.4 Å². The molecular formula is C12H12FN3O2S. The molecule has 0 amide bonds. The van der Waals surface area contributed by atoms with Crippen molar-refractivity contribution < 1.29 is 12.8 Å². The molecule has 100 valence electrons. The lowest BCUT2D eigenvalue weighted by atomic mass is 10.2. The van der Waals surface area contributed by atoms with Gasteiger partial charge in [0.25, 0.3) is 10.0 Å². The molecule has 3 N–H and O–H groups in total. The van der Waals surface area contributed by atoms with Gasteiger partial charge >= 0.3 is 0 Å². The van der Waals surface area contributed by atoms with Crippen LogP contribution in [0.2, 0.25) is 0 Å². The van der Waals surface area contributed by atoms with Gasteiger partial charge in [0.2, 0.25) is 0 Å². The molecule has 1 heterocycles. The Morgan fingerprint density at radius 3 is 2.74 bits per heavy atom. The average Bonchev–Trinajstić information content (AvgIpc) is 2.39. The Labute approximate surface area is 110 Å². The van der Waals surface area contributed by atoms with E-state index in [0.29, 0.717) is 5.56 Å². The molecule has 5 nitrogen and oxygen atoms in total. The van der Waals surface area contributed by atoms with Gasteiger partial charge in [-0.2, -0.15) is 0 Å². The van der Waals surface area contributed by atoms with E-state index in [1.807, 2.05) is 0 Å². The van der Waals surface area contributed by atoms with E-state index >= 15 is 0 Å². The molecule has 0 bridgehead atoms. The minimum atomic E-state index is -4.00. The predicted molar refractivity (Wildman–Crippen MR) is 69.3 cm³/mol. The summed E-state index contributed by atoms with van der Waals surface area (Å²) in [5.41, 5.74) is 6.22. The van der Waals surface area contributed by atoms with E-state index in [-0.39, 0.29) is 12.2 Å². The first-order valence-electron chi connectivity index (χ1n) is 5.44. The van der Waals surface area contributed by atoms with Crippen molar-refractivity contribution in [2.75, 3.05) is 4.72 Å². The number of nitrogens with zero attached hydrogens (tertiary/aromatic N) is 1. The SMILES string of the molecule is NCc1ccc(F)c(S(=O)(=O)Nc2cccnc2)c1. The van der Waals surface area contributed by atoms with Crippen LogP contribution in [0.25, 0.3) is 0 Å². The van der Waals surface area contributed by atoms with Gasteiger partial charge in [0.05, 0.1) is 11.9 Å². The van der Waals surface area contributed by atoms with Crippen molar-refractivity contribution in [2.24, 2.45) is 5.73 Å². The molecule has 0 spiro atoms. The topological polar surface area (TPSA) is 85.1 Å². The van der Waals surface area contributed by atoms with E-state index in [1.165, 1.54) is 30.6 Å². The summed E-state index contributed by atoms with van der Waals surface area (Å²) in [5.74, 6) is -0.825. The van der Waals surface area contributed by atoms with Crippen LogP contribution in [0, 0.1) is 5.82 Å². The predicted octanol–water partition coefficient (Wildman–Crippen LogP) is 1.48. The third-order valence-electron chi connectivity index (χ3n) is 2.43. The van der Waals surface area contributed by atoms with Crippen molar-refractivity contribution in [2.45, 2.75) is 11.4 Å². The van der Waals surface area contributed by atoms with E-state index in [0.717, 1.165) is 6.07 Å². The van der Waals surface area contributed by atoms with Crippen LogP contribution in [0.3, 0.4) is 0 Å². The number of pyridine rings is 1. The Bertz CT molecular complexity index is 675. The first-order valence-corrected chi connectivity index (χ1v) is 6.92. The van der Waals surface area contributed by atoms with Crippen LogP contribution >= 0.6 is 0 Å². The molecule has 0 saturated heterocycles. The van der Waals surface area contributed by atoms with E-state index in [4.69, 9.17) is 5.73 Å². The first kappa shape index (κ1) is 13.4. The summed E-state index contributed by atoms with van der Waals surface area (Å²) in [6.45, 7) is 0.135. The number of anilines is 1. The number of sulfonamides is 1. The fourth-order valence-electron chi connectivity index (χ4n) is 1.51. The molecule has 0 fully saturated rings. The van der Waals surface area contributed by atoms with Gasteiger partial charge in [0, 0.05) is 12.7 Å². The van der Waals surface area contributed by atoms with E-state index in [1.54, 1.807) is 6.07 Å². The maximum Gasteiger partial charge on any atom is 0.264 e. The quantitative estimate of drug-likeness (QED) is 0.889. The minimum absolute atomic E-state index is 0.135. The molecule has 0 aliphatic heterocycles. The number of nitrogens with two attached hydrogens (primary N) is 1. The summed E-state index contributed by atoms with van der Waals surface area (Å²) < 4.78 is 40.0. The fraction of sp³-hybridized carbons (Fsp3) is 0.0833. The molecule has 1 aromatic heterocycles. The highest BCUT2D eigenvalue weighted by Gasteiger charge is 2.19. The third kappa shape index (κ3) is 3.07. The normalized spacial score (nSPS) is 11.3. The number of hydrogen-bond donors (Lipinski definition) is 2. The second-order valence-corrected chi connectivity index (χ2v) is 5.47. The van der Waals surface area contributed by atoms with Crippen molar-refractivity contribution in [3.63, 3.8) is 0 Å². The van der Waals surface area contributed by atoms with E-state index in [2.05, 4.69) is 9.71 Å². The molecule has 2 aromatic rings. The Morgan fingerprint density at radius 1 is 1.32 bits per heavy atom. The molecule has 0 saturated carbocycles. The minimum Gasteiger partial charge on any atom is -0.326 e. The van der Waals surface area contributed by atoms with Gasteiger partial charge in [0.1, 0.15) is 10.7 Å². The second-order valence-electron chi connectivity index (χ2n) is 3.82. The Hall–Kier alpha value is -1.99. The van der Waals surface area contributed by atoms with Gasteiger partial charge in [-0.1, -0.05) is 6.07 Å². The molecule has 0 radical (unpaired) electrons. The number of aromatic nitrogens is 1. The molecule has 1 aromatic carbocycles. The van der Waals surface area contributed by atoms with Gasteiger partial charge in [-0.05, 0) is 29.8 Å². The van der Waals surface area contributed by atoms with Crippen LogP contribution in [0.15, 0.2) is 47.6 Å². The number of hydrogen-bond acceptors (Lipinski definition) is 4. The monoisotopic (exact) mass is 281 g/mol. The van der Waals surface area contributed by atoms with Crippen molar-refractivity contribution in [1.82, 2.24) is 4.98 Å². The number of benzene rings is 1. The lowest BCUT2D eigenvalue weighted by molar-refractivity contribution is 0.569. The maximum absolute atomic E-state index is 13.6. The summed E-state index contributed by atoms with van der Waals surface area (Å²) in [4.78, 5) is 3.35. The van der Waals surface area contributed by atoms with Gasteiger partial charge in [-0.3, -0.25) is 9.71 Å². The number of nitrogens with one attached hydrogen (secondary N) is 1. The highest BCUT2D eigenvalue weighted by Crippen LogP contribution is 2.19. The number of halogens is 1. The summed E-state index contributed by atoms with van der Waals surface area (Å²) in [5, 5.41) is 0. The smallest absolute Gasteiger partial charge is 0.264 e. The summed E-state index contributed by atoms with van der Waals surface area (Å²) in [6.07, 6.45) is 2.84. The van der Waals surface area contributed by atoms with Gasteiger partial charge in [-0.15, -0.1) is 0 Å². The first-order chi connectivity index (χ1) is 9.03. The maximum atomic E-state index is 13.6. The fourth-order valence-corrected chi connectivity index (χ4v) is 2.69. The van der Waals surface area contributed by atoms with Crippen molar-refractivity contribution >= 4 is 15.7 Å².